The fraction of sp³-hybridized carbons (Fsp3) is 0.900. The Labute approximate surface area is 115 Å². The molecule has 0 rings (SSSR count). The lowest BCUT2D eigenvalue weighted by molar-refractivity contribution is 0.229. The molecule has 0 amide bonds. The standard InChI is InChI=1S/C10H23NO6P2/c1-5-14-18(15-6-2)9-10(11-12)19(13,16-7-3)17-8-4/h12H,5-9H2,1-4H3/b11-10+. The Morgan fingerprint density at radius 2 is 1.53 bits per heavy atom. The first-order chi connectivity index (χ1) is 9.07. The Morgan fingerprint density at radius 1 is 1.05 bits per heavy atom. The largest absolute Gasteiger partial charge is 0.410 e. The van der Waals surface area contributed by atoms with E-state index in [1.54, 1.807) is 13.8 Å². The van der Waals surface area contributed by atoms with Crippen LogP contribution >= 0.6 is 16.0 Å². The van der Waals surface area contributed by atoms with Crippen LogP contribution in [-0.4, -0.2) is 43.2 Å². The molecule has 0 spiro atoms. The molecule has 1 N–H and O–H groups in total. The highest BCUT2D eigenvalue weighted by molar-refractivity contribution is 7.74. The van der Waals surface area contributed by atoms with Crippen LogP contribution in [0.25, 0.3) is 0 Å². The van der Waals surface area contributed by atoms with Crippen LogP contribution in [0.15, 0.2) is 5.16 Å². The quantitative estimate of drug-likeness (QED) is 0.272. The van der Waals surface area contributed by atoms with Crippen LogP contribution in [0, 0.1) is 0 Å². The summed E-state index contributed by atoms with van der Waals surface area (Å²) in [6.45, 7) is 8.33. The third-order valence-electron chi connectivity index (χ3n) is 1.85. The highest BCUT2D eigenvalue weighted by Crippen LogP contribution is 2.53. The van der Waals surface area contributed by atoms with Crippen molar-refractivity contribution in [1.82, 2.24) is 0 Å². The summed E-state index contributed by atoms with van der Waals surface area (Å²) in [5.74, 6) is 0. The number of rotatable bonds is 11. The molecule has 0 aliphatic heterocycles. The van der Waals surface area contributed by atoms with Gasteiger partial charge in [0.05, 0.1) is 32.6 Å². The van der Waals surface area contributed by atoms with Gasteiger partial charge in [-0.3, -0.25) is 4.57 Å². The minimum Gasteiger partial charge on any atom is -0.410 e. The van der Waals surface area contributed by atoms with Crippen LogP contribution in [0.1, 0.15) is 27.7 Å². The zero-order valence-corrected chi connectivity index (χ0v) is 13.7. The van der Waals surface area contributed by atoms with Crippen LogP contribution in [0.5, 0.6) is 0 Å². The zero-order chi connectivity index (χ0) is 14.7. The van der Waals surface area contributed by atoms with E-state index in [1.807, 2.05) is 13.8 Å². The average molecular weight is 315 g/mol. The van der Waals surface area contributed by atoms with Gasteiger partial charge in [-0.05, 0) is 27.7 Å². The second-order valence-electron chi connectivity index (χ2n) is 3.18. The first kappa shape index (κ1) is 19.0. The van der Waals surface area contributed by atoms with E-state index in [0.29, 0.717) is 13.2 Å². The summed E-state index contributed by atoms with van der Waals surface area (Å²) in [5, 5.41) is 12.1. The van der Waals surface area contributed by atoms with E-state index in [0.717, 1.165) is 0 Å². The van der Waals surface area contributed by atoms with Crippen LogP contribution < -0.4 is 0 Å². The van der Waals surface area contributed by atoms with Gasteiger partial charge >= 0.3 is 7.60 Å². The lowest BCUT2D eigenvalue weighted by Crippen LogP contribution is -2.12. The maximum atomic E-state index is 12.5. The molecular weight excluding hydrogens is 292 g/mol. The molecule has 0 aromatic carbocycles. The van der Waals surface area contributed by atoms with Crippen LogP contribution in [0.2, 0.25) is 0 Å². The van der Waals surface area contributed by atoms with Gasteiger partial charge in [-0.25, -0.2) is 0 Å². The molecule has 0 aromatic heterocycles. The fourth-order valence-electron chi connectivity index (χ4n) is 1.23. The van der Waals surface area contributed by atoms with Gasteiger partial charge in [-0.1, -0.05) is 5.16 Å². The van der Waals surface area contributed by atoms with Gasteiger partial charge in [-0.2, -0.15) is 0 Å². The SMILES string of the molecule is CCOP(C/C(=N\O)P(=O)(OCC)OCC)OCC. The molecule has 0 heterocycles. The molecule has 0 aliphatic carbocycles. The van der Waals surface area contributed by atoms with Gasteiger partial charge in [0.2, 0.25) is 0 Å². The Morgan fingerprint density at radius 3 is 1.84 bits per heavy atom. The molecule has 0 unspecified atom stereocenters. The number of nitrogens with zero attached hydrogens (tertiary/aromatic N) is 1. The molecule has 0 aromatic rings. The Hall–Kier alpha value is -0.0300. The van der Waals surface area contributed by atoms with Gasteiger partial charge < -0.3 is 23.3 Å². The number of hydrogen-bond donors (Lipinski definition) is 1. The number of oxime groups is 1. The van der Waals surface area contributed by atoms with Crippen molar-refractivity contribution in [2.24, 2.45) is 5.16 Å². The lowest BCUT2D eigenvalue weighted by Gasteiger charge is -2.21. The minimum absolute atomic E-state index is 0.0655. The normalized spacial score (nSPS) is 13.2. The second kappa shape index (κ2) is 10.7. The Balaban J connectivity index is 4.90. The van der Waals surface area contributed by atoms with Crippen molar-refractivity contribution in [2.75, 3.05) is 32.6 Å². The number of hydrogen-bond acceptors (Lipinski definition) is 7. The molecule has 0 saturated heterocycles. The summed E-state index contributed by atoms with van der Waals surface area (Å²) in [5.41, 5.74) is -0.0655. The Kier molecular flexibility index (Phi) is 10.7. The molecule has 0 fully saturated rings. The van der Waals surface area contributed by atoms with Crippen LogP contribution in [0.3, 0.4) is 0 Å². The fourth-order valence-corrected chi connectivity index (χ4v) is 4.56. The van der Waals surface area contributed by atoms with E-state index < -0.39 is 16.0 Å². The molecule has 7 nitrogen and oxygen atoms in total. The van der Waals surface area contributed by atoms with E-state index in [1.165, 1.54) is 0 Å². The first-order valence-corrected chi connectivity index (χ1v) is 9.12. The summed E-state index contributed by atoms with van der Waals surface area (Å²) in [6.07, 6.45) is 0.0881. The molecule has 0 bridgehead atoms. The van der Waals surface area contributed by atoms with Gasteiger partial charge in [0.25, 0.3) is 0 Å². The van der Waals surface area contributed by atoms with Crippen molar-refractivity contribution in [3.63, 3.8) is 0 Å². The van der Waals surface area contributed by atoms with E-state index in [4.69, 9.17) is 23.3 Å². The van der Waals surface area contributed by atoms with Gasteiger partial charge in [0.15, 0.2) is 13.8 Å². The predicted molar refractivity (Wildman–Crippen MR) is 75.1 cm³/mol. The summed E-state index contributed by atoms with van der Waals surface area (Å²) in [6, 6.07) is 0. The molecule has 0 aliphatic rings. The molecule has 0 radical (unpaired) electrons. The summed E-state index contributed by atoms with van der Waals surface area (Å²) >= 11 is 0. The highest BCUT2D eigenvalue weighted by atomic mass is 31.2. The van der Waals surface area contributed by atoms with E-state index in [2.05, 4.69) is 5.16 Å². The topological polar surface area (TPSA) is 86.6 Å². The minimum atomic E-state index is -3.57. The zero-order valence-electron chi connectivity index (χ0n) is 11.9. The highest BCUT2D eigenvalue weighted by Gasteiger charge is 2.35. The van der Waals surface area contributed by atoms with Crippen molar-refractivity contribution in [3.05, 3.63) is 0 Å². The molecule has 9 heteroatoms. The molecular formula is C10H23NO6P2. The first-order valence-electron chi connectivity index (χ1n) is 6.21. The molecule has 0 atom stereocenters. The van der Waals surface area contributed by atoms with Crippen LogP contribution in [0.4, 0.5) is 0 Å². The monoisotopic (exact) mass is 315 g/mol. The maximum Gasteiger partial charge on any atom is 0.379 e. The summed E-state index contributed by atoms with van der Waals surface area (Å²) in [4.78, 5) is 0. The van der Waals surface area contributed by atoms with Crippen LogP contribution in [-0.2, 0) is 22.7 Å². The van der Waals surface area contributed by atoms with Crippen molar-refractivity contribution in [1.29, 1.82) is 0 Å². The van der Waals surface area contributed by atoms with E-state index in [-0.39, 0.29) is 24.8 Å². The Bertz CT molecular complexity index is 296. The summed E-state index contributed by atoms with van der Waals surface area (Å²) in [7, 11) is -4.89. The smallest absolute Gasteiger partial charge is 0.379 e. The van der Waals surface area contributed by atoms with E-state index >= 15 is 0 Å². The maximum absolute atomic E-state index is 12.5. The molecule has 19 heavy (non-hydrogen) atoms. The van der Waals surface area contributed by atoms with Gasteiger partial charge in [-0.15, -0.1) is 0 Å². The third kappa shape index (κ3) is 6.80. The van der Waals surface area contributed by atoms with Crippen molar-refractivity contribution >= 4 is 21.4 Å². The predicted octanol–water partition coefficient (Wildman–Crippen LogP) is 3.43. The summed E-state index contributed by atoms with van der Waals surface area (Å²) < 4.78 is 33.5. The average Bonchev–Trinajstić information content (AvgIpc) is 2.36. The second-order valence-corrected chi connectivity index (χ2v) is 6.70. The molecule has 114 valence electrons. The van der Waals surface area contributed by atoms with Crippen molar-refractivity contribution in [3.8, 4) is 0 Å². The molecule has 0 saturated carbocycles. The van der Waals surface area contributed by atoms with Crippen molar-refractivity contribution < 1.29 is 27.9 Å². The van der Waals surface area contributed by atoms with Crippen molar-refractivity contribution in [2.45, 2.75) is 27.7 Å². The van der Waals surface area contributed by atoms with E-state index in [9.17, 15) is 4.57 Å². The third-order valence-corrected chi connectivity index (χ3v) is 5.82. The van der Waals surface area contributed by atoms with Gasteiger partial charge in [0.1, 0.15) is 0 Å². The lowest BCUT2D eigenvalue weighted by atomic mass is 10.9. The van der Waals surface area contributed by atoms with Gasteiger partial charge in [0, 0.05) is 0 Å².